The minimum atomic E-state index is -3.39. The summed E-state index contributed by atoms with van der Waals surface area (Å²) in [5.74, 6) is -3.64. The van der Waals surface area contributed by atoms with Crippen LogP contribution in [0, 0.1) is 6.92 Å². The molecular formula is C21H15F2N5O. The van der Waals surface area contributed by atoms with Crippen molar-refractivity contribution in [3.63, 3.8) is 0 Å². The summed E-state index contributed by atoms with van der Waals surface area (Å²) in [7, 11) is 0. The quantitative estimate of drug-likeness (QED) is 0.566. The molecule has 1 amide bonds. The monoisotopic (exact) mass is 391 g/mol. The first-order valence-corrected chi connectivity index (χ1v) is 8.73. The summed E-state index contributed by atoms with van der Waals surface area (Å²) in [5.41, 5.74) is 0.347. The molecule has 0 bridgehead atoms. The average molecular weight is 391 g/mol. The molecule has 0 atom stereocenters. The Morgan fingerprint density at radius 3 is 2.59 bits per heavy atom. The molecule has 0 fully saturated rings. The fourth-order valence-electron chi connectivity index (χ4n) is 2.97. The number of anilines is 1. The van der Waals surface area contributed by atoms with Gasteiger partial charge < -0.3 is 5.32 Å². The van der Waals surface area contributed by atoms with E-state index in [-0.39, 0.29) is 16.7 Å². The summed E-state index contributed by atoms with van der Waals surface area (Å²) in [4.78, 5) is 28.7. The highest BCUT2D eigenvalue weighted by atomic mass is 19.3. The second kappa shape index (κ2) is 7.31. The lowest BCUT2D eigenvalue weighted by molar-refractivity contribution is 0.0421. The Morgan fingerprint density at radius 2 is 1.83 bits per heavy atom. The van der Waals surface area contributed by atoms with Gasteiger partial charge in [0.25, 0.3) is 5.91 Å². The van der Waals surface area contributed by atoms with Crippen LogP contribution in [0.25, 0.3) is 10.9 Å². The Hall–Kier alpha value is -3.81. The van der Waals surface area contributed by atoms with Crippen molar-refractivity contribution in [3.05, 3.63) is 89.8 Å². The molecule has 29 heavy (non-hydrogen) atoms. The number of pyridine rings is 2. The van der Waals surface area contributed by atoms with E-state index in [0.29, 0.717) is 16.7 Å². The maximum Gasteiger partial charge on any atom is 0.301 e. The summed E-state index contributed by atoms with van der Waals surface area (Å²) in [6, 6.07) is 10.9. The zero-order valence-corrected chi connectivity index (χ0v) is 15.3. The SMILES string of the molecule is Cc1cccc(NC(=O)c2cc(C(F)(F)c3cncnc3)cc3cccnc23)n1. The second-order valence-electron chi connectivity index (χ2n) is 6.42. The third-order valence-corrected chi connectivity index (χ3v) is 4.37. The number of fused-ring (bicyclic) bond motifs is 1. The topological polar surface area (TPSA) is 80.7 Å². The molecule has 3 aromatic heterocycles. The molecule has 0 aliphatic rings. The van der Waals surface area contributed by atoms with Crippen LogP contribution in [-0.4, -0.2) is 25.8 Å². The number of aromatic nitrogens is 4. The summed E-state index contributed by atoms with van der Waals surface area (Å²) in [5, 5.41) is 3.07. The van der Waals surface area contributed by atoms with Gasteiger partial charge in [0, 0.05) is 35.2 Å². The third kappa shape index (κ3) is 3.64. The van der Waals surface area contributed by atoms with E-state index in [1.807, 2.05) is 0 Å². The van der Waals surface area contributed by atoms with Gasteiger partial charge in [0.15, 0.2) is 0 Å². The minimum absolute atomic E-state index is 0.0259. The Labute approximate surface area is 164 Å². The fourth-order valence-corrected chi connectivity index (χ4v) is 2.97. The van der Waals surface area contributed by atoms with E-state index in [9.17, 15) is 4.79 Å². The summed E-state index contributed by atoms with van der Waals surface area (Å²) in [6.45, 7) is 1.79. The minimum Gasteiger partial charge on any atom is -0.306 e. The molecule has 0 unspecified atom stereocenters. The van der Waals surface area contributed by atoms with Crippen molar-refractivity contribution >= 4 is 22.6 Å². The number of benzene rings is 1. The van der Waals surface area contributed by atoms with E-state index >= 15 is 8.78 Å². The van der Waals surface area contributed by atoms with Gasteiger partial charge in [-0.1, -0.05) is 12.1 Å². The van der Waals surface area contributed by atoms with Crippen LogP contribution in [0.2, 0.25) is 0 Å². The number of alkyl halides is 2. The van der Waals surface area contributed by atoms with Crippen LogP contribution in [0.1, 0.15) is 27.2 Å². The van der Waals surface area contributed by atoms with Crippen molar-refractivity contribution in [2.24, 2.45) is 0 Å². The van der Waals surface area contributed by atoms with Crippen LogP contribution >= 0.6 is 0 Å². The van der Waals surface area contributed by atoms with E-state index in [0.717, 1.165) is 24.2 Å². The molecule has 0 spiro atoms. The first-order valence-electron chi connectivity index (χ1n) is 8.73. The smallest absolute Gasteiger partial charge is 0.301 e. The molecule has 4 rings (SSSR count). The number of hydrogen-bond acceptors (Lipinski definition) is 5. The molecule has 0 saturated heterocycles. The number of carbonyl (C=O) groups excluding carboxylic acids is 1. The van der Waals surface area contributed by atoms with Crippen LogP contribution in [0.3, 0.4) is 0 Å². The molecule has 1 N–H and O–H groups in total. The zero-order chi connectivity index (χ0) is 20.4. The number of hydrogen-bond donors (Lipinski definition) is 1. The number of rotatable bonds is 4. The molecule has 0 radical (unpaired) electrons. The Balaban J connectivity index is 1.82. The molecular weight excluding hydrogens is 376 g/mol. The van der Waals surface area contributed by atoms with Crippen LogP contribution in [0.5, 0.6) is 0 Å². The third-order valence-electron chi connectivity index (χ3n) is 4.37. The first-order chi connectivity index (χ1) is 13.9. The van der Waals surface area contributed by atoms with E-state index in [1.165, 1.54) is 18.6 Å². The van der Waals surface area contributed by atoms with Gasteiger partial charge in [-0.2, -0.15) is 8.78 Å². The molecule has 1 aromatic carbocycles. The number of amides is 1. The van der Waals surface area contributed by atoms with Gasteiger partial charge in [0.2, 0.25) is 0 Å². The highest BCUT2D eigenvalue weighted by Gasteiger charge is 2.36. The van der Waals surface area contributed by atoms with Crippen molar-refractivity contribution in [1.82, 2.24) is 19.9 Å². The Morgan fingerprint density at radius 1 is 1.03 bits per heavy atom. The predicted molar refractivity (Wildman–Crippen MR) is 104 cm³/mol. The van der Waals surface area contributed by atoms with Gasteiger partial charge in [0.05, 0.1) is 16.6 Å². The van der Waals surface area contributed by atoms with Crippen molar-refractivity contribution in [3.8, 4) is 0 Å². The Kier molecular flexibility index (Phi) is 4.67. The molecule has 0 aliphatic carbocycles. The maximum atomic E-state index is 15.1. The summed E-state index contributed by atoms with van der Waals surface area (Å²) >= 11 is 0. The molecule has 6 nitrogen and oxygen atoms in total. The predicted octanol–water partition coefficient (Wildman–Crippen LogP) is 4.12. The molecule has 144 valence electrons. The van der Waals surface area contributed by atoms with Crippen molar-refractivity contribution < 1.29 is 13.6 Å². The molecule has 4 aromatic rings. The standard InChI is InChI=1S/C21H15F2N5O/c1-13-4-2-6-18(27-13)28-20(29)17-9-15(8-14-5-3-7-26-19(14)17)21(22,23)16-10-24-12-25-11-16/h2-12H,1H3,(H,27,28,29). The number of nitrogens with one attached hydrogen (secondary N) is 1. The van der Waals surface area contributed by atoms with E-state index < -0.39 is 11.8 Å². The zero-order valence-electron chi connectivity index (χ0n) is 15.3. The normalized spacial score (nSPS) is 11.4. The van der Waals surface area contributed by atoms with E-state index in [1.54, 1.807) is 37.3 Å². The van der Waals surface area contributed by atoms with Crippen LogP contribution in [0.4, 0.5) is 14.6 Å². The van der Waals surface area contributed by atoms with Gasteiger partial charge in [-0.15, -0.1) is 0 Å². The highest BCUT2D eigenvalue weighted by Crippen LogP contribution is 2.37. The van der Waals surface area contributed by atoms with Crippen molar-refractivity contribution in [2.45, 2.75) is 12.8 Å². The van der Waals surface area contributed by atoms with Crippen molar-refractivity contribution in [1.29, 1.82) is 0 Å². The van der Waals surface area contributed by atoms with Gasteiger partial charge in [0.1, 0.15) is 12.1 Å². The summed E-state index contributed by atoms with van der Waals surface area (Å²) < 4.78 is 30.2. The number of carbonyl (C=O) groups is 1. The van der Waals surface area contributed by atoms with E-state index in [4.69, 9.17) is 0 Å². The maximum absolute atomic E-state index is 15.1. The number of halogens is 2. The number of nitrogens with zero attached hydrogens (tertiary/aromatic N) is 4. The largest absolute Gasteiger partial charge is 0.306 e. The Bertz CT molecular complexity index is 1200. The molecule has 0 saturated carbocycles. The lowest BCUT2D eigenvalue weighted by Crippen LogP contribution is -2.19. The van der Waals surface area contributed by atoms with Crippen LogP contribution in [-0.2, 0) is 5.92 Å². The molecule has 8 heteroatoms. The lowest BCUT2D eigenvalue weighted by atomic mass is 9.97. The van der Waals surface area contributed by atoms with Crippen LogP contribution < -0.4 is 5.32 Å². The second-order valence-corrected chi connectivity index (χ2v) is 6.42. The fraction of sp³-hybridized carbons (Fsp3) is 0.0952. The van der Waals surface area contributed by atoms with Gasteiger partial charge in [-0.25, -0.2) is 15.0 Å². The average Bonchev–Trinajstić information content (AvgIpc) is 2.73. The molecule has 0 aliphatic heterocycles. The van der Waals surface area contributed by atoms with Gasteiger partial charge >= 0.3 is 5.92 Å². The summed E-state index contributed by atoms with van der Waals surface area (Å²) in [6.07, 6.45) is 4.79. The number of aryl methyl sites for hydroxylation is 1. The molecule has 3 heterocycles. The van der Waals surface area contributed by atoms with Crippen molar-refractivity contribution in [2.75, 3.05) is 5.32 Å². The van der Waals surface area contributed by atoms with E-state index in [2.05, 4.69) is 25.3 Å². The van der Waals surface area contributed by atoms with Gasteiger partial charge in [-0.05, 0) is 37.3 Å². The highest BCUT2D eigenvalue weighted by molar-refractivity contribution is 6.11. The van der Waals surface area contributed by atoms with Crippen LogP contribution in [0.15, 0.2) is 67.4 Å². The lowest BCUT2D eigenvalue weighted by Gasteiger charge is -2.18. The first kappa shape index (κ1) is 18.5. The van der Waals surface area contributed by atoms with Gasteiger partial charge in [-0.3, -0.25) is 9.78 Å².